The van der Waals surface area contributed by atoms with E-state index in [1.54, 1.807) is 25.1 Å². The van der Waals surface area contributed by atoms with Crippen LogP contribution in [-0.4, -0.2) is 35.3 Å². The molecule has 0 aliphatic carbocycles. The van der Waals surface area contributed by atoms with Crippen molar-refractivity contribution in [1.82, 2.24) is 29.2 Å². The van der Waals surface area contributed by atoms with Crippen LogP contribution in [0.1, 0.15) is 35.1 Å². The van der Waals surface area contributed by atoms with Gasteiger partial charge in [-0.25, -0.2) is 19.0 Å². The SMILES string of the molecule is Cc1ccc2c(c1)nc1n2C[C@](C)(NC(=O)c2ccc(-n3cnn(C)c3=O)cc2Cl)CC1(F)F. The third-order valence-corrected chi connectivity index (χ3v) is 6.38. The van der Waals surface area contributed by atoms with E-state index in [1.807, 2.05) is 13.0 Å². The number of carbonyl (C=O) groups excluding carboxylic acids is 1. The Kier molecular flexibility index (Phi) is 4.91. The summed E-state index contributed by atoms with van der Waals surface area (Å²) < 4.78 is 34.2. The number of benzene rings is 2. The number of carbonyl (C=O) groups is 1. The van der Waals surface area contributed by atoms with Gasteiger partial charge in [-0.1, -0.05) is 17.7 Å². The van der Waals surface area contributed by atoms with Gasteiger partial charge in [-0.2, -0.15) is 13.9 Å². The molecular weight excluding hydrogens is 466 g/mol. The first-order valence-corrected chi connectivity index (χ1v) is 10.9. The average molecular weight is 487 g/mol. The molecule has 0 spiro atoms. The molecule has 1 N–H and O–H groups in total. The lowest BCUT2D eigenvalue weighted by atomic mass is 9.89. The lowest BCUT2D eigenvalue weighted by Crippen LogP contribution is -2.55. The molecule has 11 heteroatoms. The molecule has 1 aliphatic heterocycles. The molecule has 3 heterocycles. The van der Waals surface area contributed by atoms with Crippen molar-refractivity contribution in [2.45, 2.75) is 38.3 Å². The summed E-state index contributed by atoms with van der Waals surface area (Å²) in [6, 6.07) is 9.83. The quantitative estimate of drug-likeness (QED) is 0.479. The second-order valence-electron chi connectivity index (χ2n) is 8.98. The Hall–Kier alpha value is -3.53. The highest BCUT2D eigenvalue weighted by Crippen LogP contribution is 2.42. The Morgan fingerprint density at radius 1 is 1.21 bits per heavy atom. The molecule has 1 aliphatic rings. The number of fused-ring (bicyclic) bond motifs is 3. The Morgan fingerprint density at radius 3 is 2.65 bits per heavy atom. The highest BCUT2D eigenvalue weighted by Gasteiger charge is 2.50. The molecule has 1 amide bonds. The van der Waals surface area contributed by atoms with Crippen LogP contribution in [0.4, 0.5) is 8.78 Å². The number of hydrogen-bond acceptors (Lipinski definition) is 4. The van der Waals surface area contributed by atoms with Crippen LogP contribution in [0.3, 0.4) is 0 Å². The van der Waals surface area contributed by atoms with Gasteiger partial charge in [0.05, 0.1) is 32.8 Å². The van der Waals surface area contributed by atoms with Crippen LogP contribution < -0.4 is 11.0 Å². The third-order valence-electron chi connectivity index (χ3n) is 6.06. The molecule has 0 unspecified atom stereocenters. The van der Waals surface area contributed by atoms with E-state index in [-0.39, 0.29) is 28.6 Å². The van der Waals surface area contributed by atoms with Gasteiger partial charge in [-0.3, -0.25) is 4.79 Å². The van der Waals surface area contributed by atoms with Crippen LogP contribution in [0.2, 0.25) is 5.02 Å². The summed E-state index contributed by atoms with van der Waals surface area (Å²) in [6.45, 7) is 3.59. The van der Waals surface area contributed by atoms with Gasteiger partial charge in [0.2, 0.25) is 0 Å². The van der Waals surface area contributed by atoms with E-state index in [0.29, 0.717) is 16.7 Å². The van der Waals surface area contributed by atoms with Crippen molar-refractivity contribution in [3.8, 4) is 5.69 Å². The maximum atomic E-state index is 15.1. The second kappa shape index (κ2) is 7.49. The number of aryl methyl sites for hydroxylation is 2. The van der Waals surface area contributed by atoms with Crippen molar-refractivity contribution >= 4 is 28.5 Å². The predicted octanol–water partition coefficient (Wildman–Crippen LogP) is 3.57. The summed E-state index contributed by atoms with van der Waals surface area (Å²) in [5, 5.41) is 6.72. The Bertz CT molecular complexity index is 1520. The molecular formula is C23H21ClF2N6O2. The fourth-order valence-electron chi connectivity index (χ4n) is 4.48. The Labute approximate surface area is 197 Å². The van der Waals surface area contributed by atoms with E-state index >= 15 is 8.78 Å². The highest BCUT2D eigenvalue weighted by molar-refractivity contribution is 6.34. The predicted molar refractivity (Wildman–Crippen MR) is 123 cm³/mol. The number of rotatable bonds is 3. The van der Waals surface area contributed by atoms with E-state index in [9.17, 15) is 9.59 Å². The van der Waals surface area contributed by atoms with Gasteiger partial charge >= 0.3 is 11.6 Å². The maximum Gasteiger partial charge on any atom is 0.350 e. The summed E-state index contributed by atoms with van der Waals surface area (Å²) in [7, 11) is 1.51. The molecule has 176 valence electrons. The van der Waals surface area contributed by atoms with Crippen LogP contribution in [0, 0.1) is 6.92 Å². The number of amides is 1. The first-order chi connectivity index (χ1) is 16.0. The minimum Gasteiger partial charge on any atom is -0.345 e. The van der Waals surface area contributed by atoms with Crippen molar-refractivity contribution in [3.05, 3.63) is 75.2 Å². The zero-order valence-electron chi connectivity index (χ0n) is 18.6. The molecule has 0 saturated carbocycles. The Balaban J connectivity index is 1.45. The lowest BCUT2D eigenvalue weighted by molar-refractivity contribution is -0.0651. The number of alkyl halides is 2. The second-order valence-corrected chi connectivity index (χ2v) is 9.39. The number of hydrogen-bond donors (Lipinski definition) is 1. The van der Waals surface area contributed by atoms with Crippen LogP contribution in [0.5, 0.6) is 0 Å². The fourth-order valence-corrected chi connectivity index (χ4v) is 4.74. The van der Waals surface area contributed by atoms with Crippen LogP contribution >= 0.6 is 11.6 Å². The number of nitrogens with one attached hydrogen (secondary N) is 1. The van der Waals surface area contributed by atoms with Gasteiger partial charge in [-0.05, 0) is 49.7 Å². The number of nitrogens with zero attached hydrogens (tertiary/aromatic N) is 5. The van der Waals surface area contributed by atoms with Gasteiger partial charge in [-0.15, -0.1) is 0 Å². The topological polar surface area (TPSA) is 86.7 Å². The number of imidazole rings is 1. The van der Waals surface area contributed by atoms with Crippen molar-refractivity contribution in [3.63, 3.8) is 0 Å². The number of halogens is 3. The van der Waals surface area contributed by atoms with E-state index in [0.717, 1.165) is 10.2 Å². The van der Waals surface area contributed by atoms with Gasteiger partial charge in [0.25, 0.3) is 5.91 Å². The third kappa shape index (κ3) is 3.58. The van der Waals surface area contributed by atoms with E-state index in [1.165, 1.54) is 34.6 Å². The smallest absolute Gasteiger partial charge is 0.345 e. The van der Waals surface area contributed by atoms with Gasteiger partial charge in [0.1, 0.15) is 6.33 Å². The van der Waals surface area contributed by atoms with E-state index in [4.69, 9.17) is 11.6 Å². The minimum atomic E-state index is -3.23. The molecule has 34 heavy (non-hydrogen) atoms. The van der Waals surface area contributed by atoms with Crippen molar-refractivity contribution in [2.75, 3.05) is 0 Å². The monoisotopic (exact) mass is 486 g/mol. The molecule has 0 fully saturated rings. The normalized spacial score (nSPS) is 19.2. The molecule has 0 bridgehead atoms. The zero-order valence-corrected chi connectivity index (χ0v) is 19.4. The average Bonchev–Trinajstić information content (AvgIpc) is 3.27. The molecule has 5 rings (SSSR count). The van der Waals surface area contributed by atoms with E-state index in [2.05, 4.69) is 15.4 Å². The van der Waals surface area contributed by atoms with Crippen LogP contribution in [0.15, 0.2) is 47.5 Å². The summed E-state index contributed by atoms with van der Waals surface area (Å²) in [5.74, 6) is -4.12. The van der Waals surface area contributed by atoms with Crippen molar-refractivity contribution in [2.24, 2.45) is 7.05 Å². The summed E-state index contributed by atoms with van der Waals surface area (Å²) in [6.07, 6.45) is 0.738. The molecule has 8 nitrogen and oxygen atoms in total. The first-order valence-electron chi connectivity index (χ1n) is 10.6. The summed E-state index contributed by atoms with van der Waals surface area (Å²) in [5.41, 5.74) is 0.926. The summed E-state index contributed by atoms with van der Waals surface area (Å²) in [4.78, 5) is 29.4. The number of aromatic nitrogens is 5. The van der Waals surface area contributed by atoms with Gasteiger partial charge in [0, 0.05) is 20.0 Å². The standard InChI is InChI=1S/C23H21ClF2N6O2/c1-13-4-7-18-17(8-13)28-20-23(25,26)10-22(2,11-31(18)20)29-19(33)15-6-5-14(9-16(15)24)32-12-27-30(3)21(32)34/h4-9,12H,10-11H2,1-3H3,(H,29,33)/t22-/m1/s1. The summed E-state index contributed by atoms with van der Waals surface area (Å²) >= 11 is 6.34. The van der Waals surface area contributed by atoms with E-state index < -0.39 is 23.8 Å². The Morgan fingerprint density at radius 2 is 1.97 bits per heavy atom. The molecule has 2 aromatic carbocycles. The van der Waals surface area contributed by atoms with Gasteiger partial charge < -0.3 is 9.88 Å². The van der Waals surface area contributed by atoms with Crippen molar-refractivity contribution < 1.29 is 13.6 Å². The fraction of sp³-hybridized carbons (Fsp3) is 0.304. The van der Waals surface area contributed by atoms with Crippen LogP contribution in [0.25, 0.3) is 16.7 Å². The largest absolute Gasteiger partial charge is 0.350 e. The zero-order chi connectivity index (χ0) is 24.4. The molecule has 0 radical (unpaired) electrons. The van der Waals surface area contributed by atoms with Gasteiger partial charge in [0.15, 0.2) is 5.82 Å². The minimum absolute atomic E-state index is 0.0844. The molecule has 0 saturated heterocycles. The van der Waals surface area contributed by atoms with Crippen LogP contribution in [-0.2, 0) is 19.5 Å². The molecule has 4 aromatic rings. The lowest BCUT2D eigenvalue weighted by Gasteiger charge is -2.39. The maximum absolute atomic E-state index is 15.1. The molecule has 1 atom stereocenters. The molecule has 2 aromatic heterocycles. The first kappa shape index (κ1) is 22.3. The highest BCUT2D eigenvalue weighted by atomic mass is 35.5. The van der Waals surface area contributed by atoms with Crippen molar-refractivity contribution in [1.29, 1.82) is 0 Å².